The summed E-state index contributed by atoms with van der Waals surface area (Å²) in [7, 11) is 2.47. The fourth-order valence-corrected chi connectivity index (χ4v) is 2.56. The van der Waals surface area contributed by atoms with Crippen LogP contribution < -0.4 is 0 Å². The van der Waals surface area contributed by atoms with Gasteiger partial charge in [-0.1, -0.05) is 29.5 Å². The molecule has 4 atom stereocenters. The molecule has 7 heteroatoms. The monoisotopic (exact) mass is 400 g/mol. The van der Waals surface area contributed by atoms with E-state index in [-0.39, 0.29) is 29.8 Å². The van der Waals surface area contributed by atoms with Gasteiger partial charge in [0.1, 0.15) is 5.78 Å². The van der Waals surface area contributed by atoms with E-state index in [4.69, 9.17) is 9.39 Å². The Morgan fingerprint density at radius 1 is 1.78 bits per heavy atom. The van der Waals surface area contributed by atoms with E-state index in [0.29, 0.717) is 13.0 Å². The van der Waals surface area contributed by atoms with Gasteiger partial charge in [0, 0.05) is 18.9 Å². The molecule has 1 heterocycles. The molecule has 0 N–H and O–H groups in total. The van der Waals surface area contributed by atoms with E-state index in [2.05, 4.69) is 44.2 Å². The van der Waals surface area contributed by atoms with Gasteiger partial charge in [-0.05, 0) is 23.0 Å². The van der Waals surface area contributed by atoms with Crippen molar-refractivity contribution in [3.8, 4) is 0 Å². The van der Waals surface area contributed by atoms with Crippen molar-refractivity contribution >= 4 is 55.9 Å². The molecule has 3 nitrogen and oxygen atoms in total. The van der Waals surface area contributed by atoms with E-state index in [1.54, 1.807) is 0 Å². The molecule has 1 aliphatic heterocycles. The zero-order chi connectivity index (χ0) is 13.7. The zero-order valence-electron chi connectivity index (χ0n) is 10.6. The highest BCUT2D eigenvalue weighted by Gasteiger charge is 2.34. The van der Waals surface area contributed by atoms with Gasteiger partial charge >= 0.3 is 5.91 Å². The van der Waals surface area contributed by atoms with Crippen LogP contribution in [0.15, 0.2) is 9.66 Å². The second kappa shape index (κ2) is 8.25. The first-order valence-electron chi connectivity index (χ1n) is 5.96. The lowest BCUT2D eigenvalue weighted by Gasteiger charge is -2.34. The minimum Gasteiger partial charge on any atom is -0.422 e. The minimum atomic E-state index is -0.161. The Balaban J connectivity index is 2.56. The van der Waals surface area contributed by atoms with Crippen molar-refractivity contribution in [3.63, 3.8) is 0 Å². The van der Waals surface area contributed by atoms with Crippen LogP contribution >= 0.6 is 44.2 Å². The number of ketones is 1. The summed E-state index contributed by atoms with van der Waals surface area (Å²) in [6.07, 6.45) is 1.09. The standard InChI is InChI=1S/C11H19BIO3PS/c1-7(6-13)11-5-9(14)8(2)10(16-11)3-4-15-12(17)18/h6,8,10-11,18H,3-5,17H2,1-2H3/t8-,10-,11-/m1/s1. The van der Waals surface area contributed by atoms with Gasteiger partial charge in [-0.15, -0.1) is 9.12 Å². The fourth-order valence-electron chi connectivity index (χ4n) is 1.91. The van der Waals surface area contributed by atoms with Crippen LogP contribution in [0.4, 0.5) is 0 Å². The summed E-state index contributed by atoms with van der Waals surface area (Å²) in [6, 6.07) is 0. The number of hydrogen-bond acceptors (Lipinski definition) is 4. The topological polar surface area (TPSA) is 35.5 Å². The maximum atomic E-state index is 12.0. The number of carbonyl (C=O) groups is 1. The largest absolute Gasteiger partial charge is 0.422 e. The molecule has 0 saturated carbocycles. The second-order valence-corrected chi connectivity index (χ2v) is 6.82. The van der Waals surface area contributed by atoms with E-state index >= 15 is 0 Å². The van der Waals surface area contributed by atoms with Crippen molar-refractivity contribution in [3.05, 3.63) is 9.66 Å². The first-order chi connectivity index (χ1) is 8.45. The first kappa shape index (κ1) is 17.0. The molecule has 1 unspecified atom stereocenters. The number of ether oxygens (including phenoxy) is 1. The van der Waals surface area contributed by atoms with Crippen LogP contribution in [0.2, 0.25) is 0 Å². The smallest absolute Gasteiger partial charge is 0.380 e. The number of thiol groups is 1. The Labute approximate surface area is 131 Å². The third-order valence-electron chi connectivity index (χ3n) is 3.16. The highest BCUT2D eigenvalue weighted by molar-refractivity contribution is 14.1. The molecular formula is C11H19BIO3PS. The molecule has 0 spiro atoms. The lowest BCUT2D eigenvalue weighted by molar-refractivity contribution is -0.142. The summed E-state index contributed by atoms with van der Waals surface area (Å²) >= 11 is 6.31. The molecule has 0 bridgehead atoms. The van der Waals surface area contributed by atoms with Gasteiger partial charge in [-0.25, -0.2) is 0 Å². The van der Waals surface area contributed by atoms with Crippen LogP contribution in [-0.2, 0) is 14.2 Å². The molecule has 0 aliphatic carbocycles. The average molecular weight is 400 g/mol. The van der Waals surface area contributed by atoms with Gasteiger partial charge < -0.3 is 9.39 Å². The predicted molar refractivity (Wildman–Crippen MR) is 90.2 cm³/mol. The van der Waals surface area contributed by atoms with Gasteiger partial charge in [0.15, 0.2) is 0 Å². The summed E-state index contributed by atoms with van der Waals surface area (Å²) in [5.74, 6) is 0.0725. The first-order valence-corrected chi connectivity index (χ1v) is 8.39. The van der Waals surface area contributed by atoms with E-state index in [1.807, 2.05) is 17.9 Å². The minimum absolute atomic E-state index is 0.0465. The molecule has 102 valence electrons. The van der Waals surface area contributed by atoms with E-state index < -0.39 is 0 Å². The molecule has 0 amide bonds. The molecule has 0 aromatic rings. The van der Waals surface area contributed by atoms with Crippen LogP contribution in [0.3, 0.4) is 0 Å². The summed E-state index contributed by atoms with van der Waals surface area (Å²) < 4.78 is 13.3. The zero-order valence-corrected chi connectivity index (χ0v) is 14.8. The van der Waals surface area contributed by atoms with Gasteiger partial charge in [-0.2, -0.15) is 12.5 Å². The number of carbonyl (C=O) groups excluding carboxylic acids is 1. The van der Waals surface area contributed by atoms with Gasteiger partial charge in [-0.3, -0.25) is 4.79 Å². The predicted octanol–water partition coefficient (Wildman–Crippen LogP) is 2.88. The normalized spacial score (nSPS) is 29.5. The van der Waals surface area contributed by atoms with Crippen molar-refractivity contribution in [2.24, 2.45) is 5.92 Å². The molecule has 1 aliphatic rings. The number of hydrogen-bond donors (Lipinski definition) is 1. The van der Waals surface area contributed by atoms with E-state index in [1.165, 1.54) is 0 Å². The van der Waals surface area contributed by atoms with Crippen molar-refractivity contribution < 1.29 is 14.2 Å². The Hall–Kier alpha value is 0.905. The highest BCUT2D eigenvalue weighted by atomic mass is 127. The second-order valence-electron chi connectivity index (χ2n) is 4.53. The van der Waals surface area contributed by atoms with Gasteiger partial charge in [0.25, 0.3) is 0 Å². The Morgan fingerprint density at radius 3 is 3.00 bits per heavy atom. The fraction of sp³-hybridized carbons (Fsp3) is 0.727. The van der Waals surface area contributed by atoms with Gasteiger partial charge in [0.05, 0.1) is 12.2 Å². The SMILES string of the molecule is CC(=CI)[C@H]1CC(=O)[C@@H](C)[C@@H](CCOB(P)S)O1. The van der Waals surface area contributed by atoms with Crippen molar-refractivity contribution in [1.29, 1.82) is 0 Å². The summed E-state index contributed by atoms with van der Waals surface area (Å²) in [6.45, 7) is 4.49. The van der Waals surface area contributed by atoms with Crippen LogP contribution in [0.25, 0.3) is 0 Å². The summed E-state index contributed by atoms with van der Waals surface area (Å²) in [5, 5.41) is 0. The van der Waals surface area contributed by atoms with E-state index in [9.17, 15) is 4.79 Å². The van der Waals surface area contributed by atoms with Crippen LogP contribution in [-0.4, -0.2) is 30.5 Å². The number of rotatable bonds is 5. The highest BCUT2D eigenvalue weighted by Crippen LogP contribution is 2.28. The molecule has 18 heavy (non-hydrogen) atoms. The van der Waals surface area contributed by atoms with Crippen molar-refractivity contribution in [2.45, 2.75) is 38.9 Å². The molecule has 0 radical (unpaired) electrons. The molecule has 1 saturated heterocycles. The summed E-state index contributed by atoms with van der Waals surface area (Å²) in [5.41, 5.74) is 1.11. The Morgan fingerprint density at radius 2 is 2.44 bits per heavy atom. The van der Waals surface area contributed by atoms with E-state index in [0.717, 1.165) is 12.0 Å². The third-order valence-corrected chi connectivity index (χ3v) is 4.49. The summed E-state index contributed by atoms with van der Waals surface area (Å²) in [4.78, 5) is 12.0. The van der Waals surface area contributed by atoms with Crippen molar-refractivity contribution in [1.82, 2.24) is 0 Å². The number of halogens is 1. The molecule has 1 rings (SSSR count). The third kappa shape index (κ3) is 5.12. The van der Waals surface area contributed by atoms with Crippen molar-refractivity contribution in [2.75, 3.05) is 6.61 Å². The maximum absolute atomic E-state index is 12.0. The lowest BCUT2D eigenvalue weighted by atomic mass is 9.88. The molecular weight excluding hydrogens is 381 g/mol. The lowest BCUT2D eigenvalue weighted by Crippen LogP contribution is -2.41. The molecule has 0 aromatic heterocycles. The van der Waals surface area contributed by atoms with Crippen LogP contribution in [0.5, 0.6) is 0 Å². The average Bonchev–Trinajstić information content (AvgIpc) is 2.32. The molecule has 0 aromatic carbocycles. The quantitative estimate of drug-likeness (QED) is 0.334. The maximum Gasteiger partial charge on any atom is 0.380 e. The Bertz CT molecular complexity index is 327. The molecule has 1 fully saturated rings. The Kier molecular flexibility index (Phi) is 7.77. The number of Topliss-reactive ketones (excluding diaryl/α,β-unsaturated/α-hetero) is 1. The van der Waals surface area contributed by atoms with Crippen LogP contribution in [0.1, 0.15) is 26.7 Å². The van der Waals surface area contributed by atoms with Gasteiger partial charge in [0.2, 0.25) is 0 Å². The van der Waals surface area contributed by atoms with Crippen LogP contribution in [0, 0.1) is 5.92 Å².